The second-order valence-corrected chi connectivity index (χ2v) is 7.31. The molecule has 3 aromatic rings. The summed E-state index contributed by atoms with van der Waals surface area (Å²) in [5, 5.41) is 69.5. The highest BCUT2D eigenvalue weighted by atomic mass is 16.5. The maximum atomic E-state index is 13.1. The third-order valence-electron chi connectivity index (χ3n) is 5.42. The fraction of sp³-hybridized carbons (Fsp3) is 0.286. The Kier molecular flexibility index (Phi) is 5.33. The van der Waals surface area contributed by atoms with E-state index < -0.39 is 54.1 Å². The molecular formula is C21H20O10. The van der Waals surface area contributed by atoms with Crippen molar-refractivity contribution in [2.45, 2.75) is 30.5 Å². The van der Waals surface area contributed by atoms with Gasteiger partial charge in [-0.15, -0.1) is 0 Å². The van der Waals surface area contributed by atoms with Crippen LogP contribution in [-0.2, 0) is 4.74 Å². The maximum absolute atomic E-state index is 13.1. The number of ether oxygens (including phenoxy) is 1. The molecule has 0 spiro atoms. The van der Waals surface area contributed by atoms with E-state index in [1.54, 1.807) is 0 Å². The number of aliphatic hydroxyl groups excluding tert-OH is 4. The van der Waals surface area contributed by atoms with Gasteiger partial charge in [0.1, 0.15) is 48.1 Å². The predicted octanol–water partition coefficient (Wildman–Crippen LogP) is 0.0917. The first-order valence-electron chi connectivity index (χ1n) is 9.34. The SMILES string of the molecule is O=c1c(-c2ccc(O)c(O)c2)coc2c([C@H]3O[C@@H](CO)[C@H](O)[C@@H](O)[C@@H]3O)c(O)ccc12. The number of rotatable bonds is 3. The fourth-order valence-corrected chi connectivity index (χ4v) is 3.72. The third-order valence-corrected chi connectivity index (χ3v) is 5.42. The van der Waals surface area contributed by atoms with Crippen molar-refractivity contribution in [2.75, 3.05) is 6.61 Å². The molecule has 2 heterocycles. The van der Waals surface area contributed by atoms with Gasteiger partial charge in [-0.2, -0.15) is 0 Å². The van der Waals surface area contributed by atoms with Crippen molar-refractivity contribution >= 4 is 11.0 Å². The Morgan fingerprint density at radius 3 is 2.26 bits per heavy atom. The Hall–Kier alpha value is -3.15. The summed E-state index contributed by atoms with van der Waals surface area (Å²) in [4.78, 5) is 13.1. The summed E-state index contributed by atoms with van der Waals surface area (Å²) in [6, 6.07) is 6.30. The fourth-order valence-electron chi connectivity index (χ4n) is 3.72. The molecule has 0 amide bonds. The summed E-state index contributed by atoms with van der Waals surface area (Å²) in [7, 11) is 0. The molecule has 10 heteroatoms. The van der Waals surface area contributed by atoms with Crippen molar-refractivity contribution in [3.63, 3.8) is 0 Å². The van der Waals surface area contributed by atoms with Crippen LogP contribution in [0.15, 0.2) is 45.8 Å². The molecule has 1 saturated heterocycles. The van der Waals surface area contributed by atoms with Crippen LogP contribution in [-0.4, -0.2) is 66.8 Å². The Morgan fingerprint density at radius 1 is 0.871 bits per heavy atom. The highest BCUT2D eigenvalue weighted by molar-refractivity contribution is 5.86. The molecule has 0 aliphatic carbocycles. The van der Waals surface area contributed by atoms with Gasteiger partial charge >= 0.3 is 0 Å². The van der Waals surface area contributed by atoms with Gasteiger partial charge in [0.2, 0.25) is 5.43 Å². The van der Waals surface area contributed by atoms with E-state index in [0.29, 0.717) is 0 Å². The standard InChI is InChI=1S/C21H20O10/c22-6-14-17(27)18(28)19(29)21(31-14)15-12(24)4-2-9-16(26)10(7-30-20(9)15)8-1-3-11(23)13(25)5-8/h1-5,7,14,17-19,21-25,27-29H,6H2/t14-,17-,18+,19-,21+/m0/s1. The normalized spacial score (nSPS) is 26.3. The number of phenolic OH excluding ortho intramolecular Hbond substituents is 3. The molecule has 1 aliphatic heterocycles. The lowest BCUT2D eigenvalue weighted by molar-refractivity contribution is -0.231. The number of benzene rings is 2. The quantitative estimate of drug-likeness (QED) is 0.280. The number of hydrogen-bond donors (Lipinski definition) is 7. The molecule has 2 aromatic carbocycles. The van der Waals surface area contributed by atoms with Crippen LogP contribution in [0.25, 0.3) is 22.1 Å². The van der Waals surface area contributed by atoms with E-state index in [0.717, 1.165) is 6.26 Å². The number of hydrogen-bond acceptors (Lipinski definition) is 10. The predicted molar refractivity (Wildman–Crippen MR) is 106 cm³/mol. The van der Waals surface area contributed by atoms with E-state index in [9.17, 15) is 40.5 Å². The summed E-state index contributed by atoms with van der Waals surface area (Å²) in [5.41, 5.74) is -0.452. The second-order valence-electron chi connectivity index (χ2n) is 7.31. The van der Waals surface area contributed by atoms with E-state index in [4.69, 9.17) is 9.15 Å². The molecule has 0 radical (unpaired) electrons. The van der Waals surface area contributed by atoms with Gasteiger partial charge in [-0.05, 0) is 29.8 Å². The van der Waals surface area contributed by atoms with Crippen LogP contribution in [0, 0.1) is 0 Å². The molecular weight excluding hydrogens is 412 g/mol. The van der Waals surface area contributed by atoms with E-state index in [2.05, 4.69) is 0 Å². The van der Waals surface area contributed by atoms with Crippen molar-refractivity contribution < 1.29 is 44.9 Å². The topological polar surface area (TPSA) is 181 Å². The average Bonchev–Trinajstić information content (AvgIpc) is 2.75. The van der Waals surface area contributed by atoms with Crippen LogP contribution in [0.1, 0.15) is 11.7 Å². The number of aromatic hydroxyl groups is 3. The van der Waals surface area contributed by atoms with Gasteiger partial charge in [0.25, 0.3) is 0 Å². The number of fused-ring (bicyclic) bond motifs is 1. The summed E-state index contributed by atoms with van der Waals surface area (Å²) in [6.07, 6.45) is -6.50. The zero-order chi connectivity index (χ0) is 22.4. The number of phenols is 3. The first kappa shape index (κ1) is 21.1. The zero-order valence-electron chi connectivity index (χ0n) is 15.9. The van der Waals surface area contributed by atoms with E-state index in [1.165, 1.54) is 30.3 Å². The minimum absolute atomic E-state index is 0.00910. The van der Waals surface area contributed by atoms with Gasteiger partial charge in [0.15, 0.2) is 11.5 Å². The Balaban J connectivity index is 1.88. The van der Waals surface area contributed by atoms with Crippen LogP contribution in [0.3, 0.4) is 0 Å². The average molecular weight is 432 g/mol. The summed E-state index contributed by atoms with van der Waals surface area (Å²) < 4.78 is 11.1. The monoisotopic (exact) mass is 432 g/mol. The van der Waals surface area contributed by atoms with Crippen molar-refractivity contribution in [1.29, 1.82) is 0 Å². The molecule has 1 fully saturated rings. The smallest absolute Gasteiger partial charge is 0.200 e. The highest BCUT2D eigenvalue weighted by Gasteiger charge is 2.45. The molecule has 10 nitrogen and oxygen atoms in total. The van der Waals surface area contributed by atoms with Gasteiger partial charge in [0.05, 0.1) is 23.1 Å². The lowest BCUT2D eigenvalue weighted by Gasteiger charge is -2.40. The van der Waals surface area contributed by atoms with Crippen molar-refractivity contribution in [3.05, 3.63) is 52.4 Å². The van der Waals surface area contributed by atoms with Gasteiger partial charge in [0, 0.05) is 0 Å². The minimum atomic E-state index is -1.69. The molecule has 7 N–H and O–H groups in total. The van der Waals surface area contributed by atoms with Gasteiger partial charge in [-0.1, -0.05) is 6.07 Å². The number of aliphatic hydroxyl groups is 4. The summed E-state index contributed by atoms with van der Waals surface area (Å²) in [5.74, 6) is -1.18. The van der Waals surface area contributed by atoms with Crippen LogP contribution in [0.5, 0.6) is 17.2 Å². The third kappa shape index (κ3) is 3.40. The van der Waals surface area contributed by atoms with Crippen LogP contribution in [0.2, 0.25) is 0 Å². The van der Waals surface area contributed by atoms with Crippen molar-refractivity contribution in [3.8, 4) is 28.4 Å². The van der Waals surface area contributed by atoms with Gasteiger partial charge < -0.3 is 44.9 Å². The molecule has 0 bridgehead atoms. The molecule has 5 atom stereocenters. The van der Waals surface area contributed by atoms with E-state index >= 15 is 0 Å². The van der Waals surface area contributed by atoms with Crippen LogP contribution >= 0.6 is 0 Å². The van der Waals surface area contributed by atoms with E-state index in [-0.39, 0.29) is 33.4 Å². The summed E-state index contributed by atoms with van der Waals surface area (Å²) in [6.45, 7) is -0.661. The molecule has 0 saturated carbocycles. The summed E-state index contributed by atoms with van der Waals surface area (Å²) >= 11 is 0. The van der Waals surface area contributed by atoms with Crippen molar-refractivity contribution in [2.24, 2.45) is 0 Å². The molecule has 0 unspecified atom stereocenters. The first-order valence-corrected chi connectivity index (χ1v) is 9.34. The van der Waals surface area contributed by atoms with Gasteiger partial charge in [-0.3, -0.25) is 4.79 Å². The highest BCUT2D eigenvalue weighted by Crippen LogP contribution is 2.40. The molecule has 4 rings (SSSR count). The lowest BCUT2D eigenvalue weighted by atomic mass is 9.89. The molecule has 31 heavy (non-hydrogen) atoms. The zero-order valence-corrected chi connectivity index (χ0v) is 15.9. The maximum Gasteiger partial charge on any atom is 0.200 e. The molecule has 1 aliphatic rings. The van der Waals surface area contributed by atoms with E-state index in [1.807, 2.05) is 0 Å². The van der Waals surface area contributed by atoms with Crippen LogP contribution < -0.4 is 5.43 Å². The van der Waals surface area contributed by atoms with Crippen LogP contribution in [0.4, 0.5) is 0 Å². The van der Waals surface area contributed by atoms with Gasteiger partial charge in [-0.25, -0.2) is 0 Å². The lowest BCUT2D eigenvalue weighted by Crippen LogP contribution is -2.55. The molecule has 164 valence electrons. The van der Waals surface area contributed by atoms with Crippen molar-refractivity contribution in [1.82, 2.24) is 0 Å². The minimum Gasteiger partial charge on any atom is -0.507 e. The Bertz CT molecular complexity index is 1180. The Morgan fingerprint density at radius 2 is 1.58 bits per heavy atom. The Labute approximate surface area is 174 Å². The molecule has 1 aromatic heterocycles. The first-order chi connectivity index (χ1) is 14.7. The second kappa shape index (κ2) is 7.84. The largest absolute Gasteiger partial charge is 0.507 e.